The molecule has 1 aromatic carbocycles. The standard InChI is InChI=1S/C11H10F3NO3/c12-11(13,14)10(16)3-1-2-8-4-6-9(7-5-8)15(17)18/h1-2,4-7,10,16H,3H2. The number of aliphatic hydroxyl groups is 1. The minimum Gasteiger partial charge on any atom is -0.383 e. The summed E-state index contributed by atoms with van der Waals surface area (Å²) in [5.41, 5.74) is 0.428. The minimum absolute atomic E-state index is 0.0949. The number of nitrogens with zero attached hydrogens (tertiary/aromatic N) is 1. The van der Waals surface area contributed by atoms with Crippen LogP contribution >= 0.6 is 0 Å². The highest BCUT2D eigenvalue weighted by Crippen LogP contribution is 2.22. The van der Waals surface area contributed by atoms with E-state index in [4.69, 9.17) is 5.11 Å². The highest BCUT2D eigenvalue weighted by molar-refractivity contribution is 5.51. The van der Waals surface area contributed by atoms with Gasteiger partial charge in [-0.05, 0) is 17.7 Å². The van der Waals surface area contributed by atoms with Crippen molar-refractivity contribution in [2.45, 2.75) is 18.7 Å². The van der Waals surface area contributed by atoms with Crippen LogP contribution in [0.5, 0.6) is 0 Å². The summed E-state index contributed by atoms with van der Waals surface area (Å²) in [5, 5.41) is 19.1. The first-order valence-electron chi connectivity index (χ1n) is 4.96. The van der Waals surface area contributed by atoms with Crippen LogP contribution in [-0.2, 0) is 0 Å². The number of rotatable bonds is 4. The number of aliphatic hydroxyl groups excluding tert-OH is 1. The molecule has 1 unspecified atom stereocenters. The number of hydrogen-bond acceptors (Lipinski definition) is 3. The Bertz CT molecular complexity index is 440. The van der Waals surface area contributed by atoms with Crippen LogP contribution in [0.2, 0.25) is 0 Å². The van der Waals surface area contributed by atoms with Crippen LogP contribution in [0.1, 0.15) is 12.0 Å². The SMILES string of the molecule is O=[N+]([O-])c1ccc(C=CCC(O)C(F)(F)F)cc1. The number of non-ortho nitro benzene ring substituents is 1. The second kappa shape index (κ2) is 5.63. The van der Waals surface area contributed by atoms with Crippen LogP contribution in [0.15, 0.2) is 30.3 Å². The number of benzene rings is 1. The normalized spacial score (nSPS) is 13.8. The first-order chi connectivity index (χ1) is 8.30. The molecule has 0 saturated heterocycles. The van der Waals surface area contributed by atoms with E-state index >= 15 is 0 Å². The Morgan fingerprint density at radius 2 is 1.89 bits per heavy atom. The zero-order valence-corrected chi connectivity index (χ0v) is 9.09. The van der Waals surface area contributed by atoms with Crippen LogP contribution < -0.4 is 0 Å². The van der Waals surface area contributed by atoms with Crippen LogP contribution in [0, 0.1) is 10.1 Å². The van der Waals surface area contributed by atoms with Gasteiger partial charge in [0, 0.05) is 18.6 Å². The number of alkyl halides is 3. The van der Waals surface area contributed by atoms with Gasteiger partial charge in [0.1, 0.15) is 0 Å². The van der Waals surface area contributed by atoms with E-state index in [1.165, 1.54) is 36.4 Å². The van der Waals surface area contributed by atoms with Gasteiger partial charge in [0.05, 0.1) is 4.92 Å². The summed E-state index contributed by atoms with van der Waals surface area (Å²) in [6, 6.07) is 5.32. The summed E-state index contributed by atoms with van der Waals surface area (Å²) >= 11 is 0. The Morgan fingerprint density at radius 1 is 1.33 bits per heavy atom. The zero-order valence-electron chi connectivity index (χ0n) is 9.09. The molecule has 0 spiro atoms. The number of nitro groups is 1. The second-order valence-electron chi connectivity index (χ2n) is 3.54. The fraction of sp³-hybridized carbons (Fsp3) is 0.273. The third kappa shape index (κ3) is 4.17. The molecule has 1 N–H and O–H groups in total. The number of hydrogen-bond donors (Lipinski definition) is 1. The van der Waals surface area contributed by atoms with E-state index in [1.54, 1.807) is 0 Å². The third-order valence-corrected chi connectivity index (χ3v) is 2.15. The molecule has 0 amide bonds. The molecule has 1 atom stereocenters. The quantitative estimate of drug-likeness (QED) is 0.669. The fourth-order valence-corrected chi connectivity index (χ4v) is 1.17. The van der Waals surface area contributed by atoms with Crippen molar-refractivity contribution >= 4 is 11.8 Å². The van der Waals surface area contributed by atoms with Gasteiger partial charge in [-0.25, -0.2) is 0 Å². The van der Waals surface area contributed by atoms with E-state index in [9.17, 15) is 23.3 Å². The third-order valence-electron chi connectivity index (χ3n) is 2.15. The molecule has 0 aliphatic rings. The summed E-state index contributed by atoms with van der Waals surface area (Å²) in [6.45, 7) is 0. The van der Waals surface area contributed by atoms with Gasteiger partial charge in [0.2, 0.25) is 0 Å². The molecular formula is C11H10F3NO3. The maximum Gasteiger partial charge on any atom is 0.414 e. The molecule has 0 fully saturated rings. The van der Waals surface area contributed by atoms with Crippen molar-refractivity contribution in [3.63, 3.8) is 0 Å². The molecule has 0 radical (unpaired) electrons. The van der Waals surface area contributed by atoms with E-state index < -0.39 is 23.6 Å². The van der Waals surface area contributed by atoms with E-state index in [0.717, 1.165) is 0 Å². The van der Waals surface area contributed by atoms with Crippen LogP contribution in [0.25, 0.3) is 6.08 Å². The lowest BCUT2D eigenvalue weighted by molar-refractivity contribution is -0.384. The van der Waals surface area contributed by atoms with Gasteiger partial charge in [0.25, 0.3) is 5.69 Å². The first-order valence-corrected chi connectivity index (χ1v) is 4.96. The van der Waals surface area contributed by atoms with Crippen molar-refractivity contribution in [1.82, 2.24) is 0 Å². The zero-order chi connectivity index (χ0) is 13.8. The highest BCUT2D eigenvalue weighted by Gasteiger charge is 2.36. The molecule has 4 nitrogen and oxygen atoms in total. The summed E-state index contributed by atoms with van der Waals surface area (Å²) in [5.74, 6) is 0. The fourth-order valence-electron chi connectivity index (χ4n) is 1.17. The average Bonchev–Trinajstić information content (AvgIpc) is 2.28. The smallest absolute Gasteiger partial charge is 0.383 e. The van der Waals surface area contributed by atoms with Crippen molar-refractivity contribution in [2.75, 3.05) is 0 Å². The number of halogens is 3. The maximum atomic E-state index is 12.0. The van der Waals surface area contributed by atoms with E-state index in [0.29, 0.717) is 5.56 Å². The molecule has 1 aromatic rings. The first kappa shape index (κ1) is 14.2. The van der Waals surface area contributed by atoms with Gasteiger partial charge in [-0.2, -0.15) is 13.2 Å². The van der Waals surface area contributed by atoms with Crippen LogP contribution in [0.3, 0.4) is 0 Å². The molecule has 0 aliphatic heterocycles. The topological polar surface area (TPSA) is 63.4 Å². The van der Waals surface area contributed by atoms with Crippen molar-refractivity contribution < 1.29 is 23.2 Å². The maximum absolute atomic E-state index is 12.0. The second-order valence-corrected chi connectivity index (χ2v) is 3.54. The summed E-state index contributed by atoms with van der Waals surface area (Å²) in [4.78, 5) is 9.79. The van der Waals surface area contributed by atoms with Crippen molar-refractivity contribution in [1.29, 1.82) is 0 Å². The molecular weight excluding hydrogens is 251 g/mol. The van der Waals surface area contributed by atoms with Gasteiger partial charge in [-0.3, -0.25) is 10.1 Å². The van der Waals surface area contributed by atoms with Crippen molar-refractivity contribution in [2.24, 2.45) is 0 Å². The van der Waals surface area contributed by atoms with Gasteiger partial charge >= 0.3 is 6.18 Å². The van der Waals surface area contributed by atoms with Crippen LogP contribution in [-0.4, -0.2) is 22.3 Å². The Labute approximate surface area is 101 Å². The molecule has 1 rings (SSSR count). The van der Waals surface area contributed by atoms with Crippen molar-refractivity contribution in [3.8, 4) is 0 Å². The molecule has 7 heteroatoms. The Hall–Kier alpha value is -1.89. The molecule has 0 aliphatic carbocycles. The predicted molar refractivity (Wildman–Crippen MR) is 58.8 cm³/mol. The summed E-state index contributed by atoms with van der Waals surface area (Å²) in [7, 11) is 0. The predicted octanol–water partition coefficient (Wildman–Crippen LogP) is 2.92. The average molecular weight is 261 g/mol. The lowest BCUT2D eigenvalue weighted by Crippen LogP contribution is -2.27. The van der Waals surface area contributed by atoms with Gasteiger partial charge in [0.15, 0.2) is 6.10 Å². The molecule has 0 aromatic heterocycles. The minimum atomic E-state index is -4.64. The molecule has 18 heavy (non-hydrogen) atoms. The van der Waals surface area contributed by atoms with Crippen LogP contribution in [0.4, 0.5) is 18.9 Å². The molecule has 0 saturated carbocycles. The monoisotopic (exact) mass is 261 g/mol. The summed E-state index contributed by atoms with van der Waals surface area (Å²) < 4.78 is 35.9. The van der Waals surface area contributed by atoms with Gasteiger partial charge in [-0.15, -0.1) is 0 Å². The van der Waals surface area contributed by atoms with Crippen molar-refractivity contribution in [3.05, 3.63) is 46.0 Å². The Morgan fingerprint density at radius 3 is 2.33 bits per heavy atom. The Kier molecular flexibility index (Phi) is 4.43. The largest absolute Gasteiger partial charge is 0.414 e. The van der Waals surface area contributed by atoms with E-state index in [1.807, 2.05) is 0 Å². The number of nitro benzene ring substituents is 1. The highest BCUT2D eigenvalue weighted by atomic mass is 19.4. The molecule has 0 bridgehead atoms. The van der Waals surface area contributed by atoms with Gasteiger partial charge in [-0.1, -0.05) is 12.2 Å². The summed E-state index contributed by atoms with van der Waals surface area (Å²) in [6.07, 6.45) is -5.06. The van der Waals surface area contributed by atoms with E-state index in [2.05, 4.69) is 0 Å². The van der Waals surface area contributed by atoms with E-state index in [-0.39, 0.29) is 5.69 Å². The Balaban J connectivity index is 2.60. The molecule has 98 valence electrons. The van der Waals surface area contributed by atoms with Gasteiger partial charge < -0.3 is 5.11 Å². The molecule has 0 heterocycles. The lowest BCUT2D eigenvalue weighted by Gasteiger charge is -2.11. The lowest BCUT2D eigenvalue weighted by atomic mass is 10.1.